The van der Waals surface area contributed by atoms with E-state index >= 15 is 0 Å². The van der Waals surface area contributed by atoms with Crippen LogP contribution in [0.1, 0.15) is 49.0 Å². The Morgan fingerprint density at radius 2 is 2.00 bits per heavy atom. The smallest absolute Gasteiger partial charge is 0.261 e. The molecule has 0 aliphatic carbocycles. The first-order chi connectivity index (χ1) is 9.66. The van der Waals surface area contributed by atoms with Gasteiger partial charge in [-0.3, -0.25) is 4.79 Å². The van der Waals surface area contributed by atoms with Crippen LogP contribution in [-0.2, 0) is 9.05 Å². The number of amides is 1. The highest BCUT2D eigenvalue weighted by atomic mass is 35.7. The molecule has 1 aromatic rings. The van der Waals surface area contributed by atoms with Crippen molar-refractivity contribution in [2.45, 2.75) is 51.0 Å². The van der Waals surface area contributed by atoms with Crippen molar-refractivity contribution in [3.8, 4) is 0 Å². The van der Waals surface area contributed by atoms with Crippen LogP contribution in [0.5, 0.6) is 0 Å². The maximum Gasteiger partial charge on any atom is 0.261 e. The summed E-state index contributed by atoms with van der Waals surface area (Å²) in [5, 5.41) is 3.02. The summed E-state index contributed by atoms with van der Waals surface area (Å²) in [5.41, 5.74) is 0.524. The number of hydrogen-bond acceptors (Lipinski definition) is 3. The normalized spacial score (nSPS) is 13.0. The molecule has 0 aliphatic rings. The molecule has 1 amide bonds. The molecule has 0 heterocycles. The summed E-state index contributed by atoms with van der Waals surface area (Å²) in [7, 11) is 1.42. The number of unbranched alkanes of at least 4 members (excludes halogenated alkanes) is 1. The largest absolute Gasteiger partial charge is 0.350 e. The third-order valence-corrected chi connectivity index (χ3v) is 5.03. The summed E-state index contributed by atoms with van der Waals surface area (Å²) in [6.07, 6.45) is 2.92. The van der Waals surface area contributed by atoms with Crippen molar-refractivity contribution >= 4 is 37.2 Å². The van der Waals surface area contributed by atoms with Gasteiger partial charge in [0.1, 0.15) is 0 Å². The van der Waals surface area contributed by atoms with Crippen molar-refractivity contribution in [3.63, 3.8) is 0 Å². The van der Waals surface area contributed by atoms with Gasteiger partial charge in [-0.15, -0.1) is 0 Å². The summed E-state index contributed by atoms with van der Waals surface area (Å²) in [6.45, 7) is 5.53. The van der Waals surface area contributed by atoms with Gasteiger partial charge in [0.2, 0.25) is 0 Å². The Hall–Kier alpha value is -0.780. The van der Waals surface area contributed by atoms with E-state index in [4.69, 9.17) is 22.3 Å². The number of nitrogens with one attached hydrogen (secondary N) is 1. The minimum Gasteiger partial charge on any atom is -0.350 e. The topological polar surface area (TPSA) is 63.2 Å². The lowest BCUT2D eigenvalue weighted by Crippen LogP contribution is -2.32. The Bertz CT molecular complexity index is 629. The fourth-order valence-corrected chi connectivity index (χ4v) is 3.43. The molecule has 1 rings (SSSR count). The Balaban J connectivity index is 3.04. The molecule has 118 valence electrons. The van der Waals surface area contributed by atoms with Gasteiger partial charge in [-0.05, 0) is 38.0 Å². The number of halogens is 2. The maximum atomic E-state index is 12.2. The third-order valence-electron chi connectivity index (χ3n) is 3.19. The fourth-order valence-electron chi connectivity index (χ4n) is 1.93. The molecule has 4 nitrogen and oxygen atoms in total. The van der Waals surface area contributed by atoms with E-state index < -0.39 is 9.05 Å². The monoisotopic (exact) mass is 351 g/mol. The van der Waals surface area contributed by atoms with E-state index in [1.807, 2.05) is 6.92 Å². The van der Waals surface area contributed by atoms with E-state index in [2.05, 4.69) is 12.2 Å². The highest BCUT2D eigenvalue weighted by molar-refractivity contribution is 8.13. The predicted octanol–water partition coefficient (Wildman–Crippen LogP) is 3.88. The van der Waals surface area contributed by atoms with Crippen molar-refractivity contribution < 1.29 is 13.2 Å². The van der Waals surface area contributed by atoms with E-state index in [1.54, 1.807) is 6.92 Å². The first-order valence-electron chi connectivity index (χ1n) is 6.72. The zero-order chi connectivity index (χ0) is 16.2. The zero-order valence-corrected chi connectivity index (χ0v) is 14.6. The second kappa shape index (κ2) is 7.47. The molecule has 1 atom stereocenters. The lowest BCUT2D eigenvalue weighted by atomic mass is 10.1. The van der Waals surface area contributed by atoms with Crippen LogP contribution in [0.4, 0.5) is 0 Å². The highest BCUT2D eigenvalue weighted by Crippen LogP contribution is 2.27. The summed E-state index contributed by atoms with van der Waals surface area (Å²) in [5.74, 6) is -0.359. The lowest BCUT2D eigenvalue weighted by Gasteiger charge is -2.14. The van der Waals surface area contributed by atoms with Gasteiger partial charge < -0.3 is 5.32 Å². The minimum atomic E-state index is -3.95. The van der Waals surface area contributed by atoms with Crippen LogP contribution in [0.3, 0.4) is 0 Å². The van der Waals surface area contributed by atoms with Crippen molar-refractivity contribution in [2.24, 2.45) is 0 Å². The second-order valence-corrected chi connectivity index (χ2v) is 7.98. The third kappa shape index (κ3) is 5.16. The van der Waals surface area contributed by atoms with Gasteiger partial charge in [-0.25, -0.2) is 8.42 Å². The fraction of sp³-hybridized carbons (Fsp3) is 0.500. The Labute approximate surface area is 135 Å². The van der Waals surface area contributed by atoms with E-state index in [0.717, 1.165) is 19.3 Å². The Kier molecular flexibility index (Phi) is 6.50. The van der Waals surface area contributed by atoms with Crippen LogP contribution < -0.4 is 5.32 Å². The molecule has 1 unspecified atom stereocenters. The number of benzene rings is 1. The van der Waals surface area contributed by atoms with Gasteiger partial charge in [0, 0.05) is 27.3 Å². The molecular weight excluding hydrogens is 333 g/mol. The summed E-state index contributed by atoms with van der Waals surface area (Å²) in [6, 6.07) is 2.71. The van der Waals surface area contributed by atoms with Crippen molar-refractivity contribution in [1.29, 1.82) is 0 Å². The van der Waals surface area contributed by atoms with Gasteiger partial charge in [-0.1, -0.05) is 31.4 Å². The highest BCUT2D eigenvalue weighted by Gasteiger charge is 2.20. The van der Waals surface area contributed by atoms with Crippen LogP contribution in [0.15, 0.2) is 17.0 Å². The quantitative estimate of drug-likeness (QED) is 0.790. The van der Waals surface area contributed by atoms with Crippen LogP contribution >= 0.6 is 22.3 Å². The van der Waals surface area contributed by atoms with Gasteiger partial charge in [-0.2, -0.15) is 0 Å². The second-order valence-electron chi connectivity index (χ2n) is 5.04. The number of carbonyl (C=O) groups is 1. The van der Waals surface area contributed by atoms with Gasteiger partial charge in [0.15, 0.2) is 0 Å². The molecule has 7 heteroatoms. The zero-order valence-electron chi connectivity index (χ0n) is 12.2. The summed E-state index contributed by atoms with van der Waals surface area (Å²) in [4.78, 5) is 12.0. The standard InChI is InChI=1S/C14H19Cl2NO3S/c1-4-5-6-9(2)17-14(18)11-7-12(15)10(3)13(8-11)21(16,19)20/h7-9H,4-6H2,1-3H3,(H,17,18). The molecule has 1 N–H and O–H groups in total. The van der Waals surface area contributed by atoms with Crippen molar-refractivity contribution in [3.05, 3.63) is 28.3 Å². The number of hydrogen-bond donors (Lipinski definition) is 1. The van der Waals surface area contributed by atoms with E-state index in [1.165, 1.54) is 12.1 Å². The van der Waals surface area contributed by atoms with Crippen LogP contribution in [0.2, 0.25) is 5.02 Å². The first-order valence-corrected chi connectivity index (χ1v) is 9.41. The molecule has 1 aromatic carbocycles. The predicted molar refractivity (Wildman–Crippen MR) is 85.7 cm³/mol. The van der Waals surface area contributed by atoms with E-state index in [-0.39, 0.29) is 27.4 Å². The lowest BCUT2D eigenvalue weighted by molar-refractivity contribution is 0.0937. The summed E-state index contributed by atoms with van der Waals surface area (Å²) >= 11 is 5.99. The Morgan fingerprint density at radius 3 is 2.52 bits per heavy atom. The summed E-state index contributed by atoms with van der Waals surface area (Å²) < 4.78 is 23.0. The SMILES string of the molecule is CCCCC(C)NC(=O)c1cc(Cl)c(C)c(S(=O)(=O)Cl)c1. The molecule has 0 spiro atoms. The molecule has 0 aromatic heterocycles. The van der Waals surface area contributed by atoms with Gasteiger partial charge in [0.25, 0.3) is 15.0 Å². The molecule has 0 saturated carbocycles. The van der Waals surface area contributed by atoms with E-state index in [9.17, 15) is 13.2 Å². The van der Waals surface area contributed by atoms with Crippen LogP contribution in [0.25, 0.3) is 0 Å². The average molecular weight is 352 g/mol. The number of rotatable bonds is 6. The van der Waals surface area contributed by atoms with Crippen LogP contribution in [-0.4, -0.2) is 20.4 Å². The number of carbonyl (C=O) groups excluding carboxylic acids is 1. The Morgan fingerprint density at radius 1 is 1.38 bits per heavy atom. The molecule has 0 aliphatic heterocycles. The average Bonchev–Trinajstić information content (AvgIpc) is 2.37. The van der Waals surface area contributed by atoms with Gasteiger partial charge in [0.05, 0.1) is 4.90 Å². The van der Waals surface area contributed by atoms with Crippen LogP contribution in [0, 0.1) is 6.92 Å². The minimum absolute atomic E-state index is 0.00795. The molecular formula is C14H19Cl2NO3S. The maximum absolute atomic E-state index is 12.2. The molecule has 0 bridgehead atoms. The first kappa shape index (κ1) is 18.3. The molecule has 0 fully saturated rings. The van der Waals surface area contributed by atoms with E-state index in [0.29, 0.717) is 5.56 Å². The van der Waals surface area contributed by atoms with Gasteiger partial charge >= 0.3 is 0 Å². The molecule has 21 heavy (non-hydrogen) atoms. The molecule has 0 radical (unpaired) electrons. The van der Waals surface area contributed by atoms with Crippen molar-refractivity contribution in [2.75, 3.05) is 0 Å². The van der Waals surface area contributed by atoms with Crippen molar-refractivity contribution in [1.82, 2.24) is 5.32 Å². The molecule has 0 saturated heterocycles.